The van der Waals surface area contributed by atoms with Crippen molar-refractivity contribution in [2.24, 2.45) is 5.84 Å². The Morgan fingerprint density at radius 1 is 1.59 bits per heavy atom. The Hall–Kier alpha value is -1.50. The SMILES string of the molecule is CO[C@H](CC(=O)NN)c1nc2ccccc2s1. The Labute approximate surface area is 103 Å². The summed E-state index contributed by atoms with van der Waals surface area (Å²) in [6.07, 6.45) is -0.178. The number of rotatable bonds is 4. The maximum atomic E-state index is 11.2. The molecule has 1 amide bonds. The standard InChI is InChI=1S/C11H13N3O2S/c1-16-8(6-10(15)14-12)11-13-7-4-2-3-5-9(7)17-11/h2-5,8H,6,12H2,1H3,(H,14,15)/t8-/m1/s1. The van der Waals surface area contributed by atoms with Crippen molar-refractivity contribution < 1.29 is 9.53 Å². The third-order valence-electron chi connectivity index (χ3n) is 2.40. The van der Waals surface area contributed by atoms with Gasteiger partial charge in [0.2, 0.25) is 5.91 Å². The van der Waals surface area contributed by atoms with Crippen molar-refractivity contribution in [3.8, 4) is 0 Å². The van der Waals surface area contributed by atoms with Crippen LogP contribution in [0.3, 0.4) is 0 Å². The number of nitrogens with one attached hydrogen (secondary N) is 1. The zero-order chi connectivity index (χ0) is 12.3. The van der Waals surface area contributed by atoms with Gasteiger partial charge in [-0.2, -0.15) is 0 Å². The molecular formula is C11H13N3O2S. The molecular weight excluding hydrogens is 238 g/mol. The second-order valence-corrected chi connectivity index (χ2v) is 4.58. The first-order chi connectivity index (χ1) is 8.24. The van der Waals surface area contributed by atoms with Gasteiger partial charge < -0.3 is 4.74 Å². The van der Waals surface area contributed by atoms with Gasteiger partial charge in [0, 0.05) is 7.11 Å². The van der Waals surface area contributed by atoms with Crippen LogP contribution >= 0.6 is 11.3 Å². The van der Waals surface area contributed by atoms with E-state index in [1.54, 1.807) is 7.11 Å². The van der Waals surface area contributed by atoms with Crippen LogP contribution in [0.1, 0.15) is 17.5 Å². The number of hydrazine groups is 1. The van der Waals surface area contributed by atoms with E-state index in [1.807, 2.05) is 24.3 Å². The predicted octanol–water partition coefficient (Wildman–Crippen LogP) is 1.36. The van der Waals surface area contributed by atoms with Gasteiger partial charge in [-0.1, -0.05) is 12.1 Å². The summed E-state index contributed by atoms with van der Waals surface area (Å²) in [7, 11) is 1.56. The maximum Gasteiger partial charge on any atom is 0.236 e. The van der Waals surface area contributed by atoms with Crippen molar-refractivity contribution in [2.45, 2.75) is 12.5 Å². The summed E-state index contributed by atoms with van der Waals surface area (Å²) < 4.78 is 6.35. The van der Waals surface area contributed by atoms with Gasteiger partial charge in [0.05, 0.1) is 16.6 Å². The summed E-state index contributed by atoms with van der Waals surface area (Å²) in [5.74, 6) is 4.79. The molecule has 2 rings (SSSR count). The van der Waals surface area contributed by atoms with Crippen molar-refractivity contribution in [3.05, 3.63) is 29.3 Å². The highest BCUT2D eigenvalue weighted by Gasteiger charge is 2.18. The van der Waals surface area contributed by atoms with Gasteiger partial charge in [-0.25, -0.2) is 10.8 Å². The number of aromatic nitrogens is 1. The smallest absolute Gasteiger partial charge is 0.236 e. The highest BCUT2D eigenvalue weighted by Crippen LogP contribution is 2.29. The largest absolute Gasteiger partial charge is 0.374 e. The molecule has 1 aromatic heterocycles. The molecule has 0 spiro atoms. The van der Waals surface area contributed by atoms with Crippen LogP contribution in [0.5, 0.6) is 0 Å². The lowest BCUT2D eigenvalue weighted by Crippen LogP contribution is -2.31. The molecule has 1 atom stereocenters. The maximum absolute atomic E-state index is 11.2. The number of amides is 1. The summed E-state index contributed by atoms with van der Waals surface area (Å²) in [6, 6.07) is 7.82. The minimum atomic E-state index is -0.351. The minimum Gasteiger partial charge on any atom is -0.374 e. The number of nitrogens with two attached hydrogens (primary N) is 1. The second kappa shape index (κ2) is 5.22. The average molecular weight is 251 g/mol. The van der Waals surface area contributed by atoms with Crippen LogP contribution in [0.25, 0.3) is 10.2 Å². The van der Waals surface area contributed by atoms with Gasteiger partial charge in [-0.15, -0.1) is 11.3 Å². The fraction of sp³-hybridized carbons (Fsp3) is 0.273. The molecule has 0 fully saturated rings. The molecule has 2 aromatic rings. The molecule has 0 unspecified atom stereocenters. The number of para-hydroxylation sites is 1. The number of carbonyl (C=O) groups excluding carboxylic acids is 1. The Morgan fingerprint density at radius 2 is 2.35 bits per heavy atom. The molecule has 3 N–H and O–H groups in total. The molecule has 0 saturated carbocycles. The molecule has 6 heteroatoms. The van der Waals surface area contributed by atoms with Crippen LogP contribution in [0, 0.1) is 0 Å². The van der Waals surface area contributed by atoms with Crippen LogP contribution < -0.4 is 11.3 Å². The van der Waals surface area contributed by atoms with E-state index in [1.165, 1.54) is 11.3 Å². The number of carbonyl (C=O) groups is 1. The molecule has 1 aromatic carbocycles. The second-order valence-electron chi connectivity index (χ2n) is 3.52. The van der Waals surface area contributed by atoms with Crippen LogP contribution in [0.2, 0.25) is 0 Å². The molecule has 0 radical (unpaired) electrons. The zero-order valence-corrected chi connectivity index (χ0v) is 10.2. The highest BCUT2D eigenvalue weighted by atomic mass is 32.1. The van der Waals surface area contributed by atoms with E-state index in [4.69, 9.17) is 10.6 Å². The van der Waals surface area contributed by atoms with Crippen molar-refractivity contribution >= 4 is 27.5 Å². The monoisotopic (exact) mass is 251 g/mol. The van der Waals surface area contributed by atoms with E-state index < -0.39 is 0 Å². The van der Waals surface area contributed by atoms with Crippen molar-refractivity contribution in [1.82, 2.24) is 10.4 Å². The Bertz CT molecular complexity index is 493. The van der Waals surface area contributed by atoms with E-state index >= 15 is 0 Å². The molecule has 90 valence electrons. The number of ether oxygens (including phenoxy) is 1. The number of hydrogen-bond acceptors (Lipinski definition) is 5. The number of nitrogens with zero attached hydrogens (tertiary/aromatic N) is 1. The lowest BCUT2D eigenvalue weighted by molar-refractivity contribution is -0.123. The number of hydrogen-bond donors (Lipinski definition) is 2. The molecule has 0 aliphatic heterocycles. The summed E-state index contributed by atoms with van der Waals surface area (Å²) in [4.78, 5) is 15.7. The first-order valence-corrected chi connectivity index (χ1v) is 5.94. The third kappa shape index (κ3) is 2.60. The van der Waals surface area contributed by atoms with Gasteiger partial charge in [0.25, 0.3) is 0 Å². The fourth-order valence-corrected chi connectivity index (χ4v) is 2.57. The van der Waals surface area contributed by atoms with E-state index in [9.17, 15) is 4.79 Å². The molecule has 0 aliphatic carbocycles. The van der Waals surface area contributed by atoms with E-state index in [2.05, 4.69) is 10.4 Å². The molecule has 17 heavy (non-hydrogen) atoms. The Kier molecular flexibility index (Phi) is 3.68. The highest BCUT2D eigenvalue weighted by molar-refractivity contribution is 7.18. The van der Waals surface area contributed by atoms with E-state index in [0.717, 1.165) is 15.2 Å². The lowest BCUT2D eigenvalue weighted by atomic mass is 10.2. The van der Waals surface area contributed by atoms with Crippen molar-refractivity contribution in [3.63, 3.8) is 0 Å². The van der Waals surface area contributed by atoms with Crippen LogP contribution in [-0.2, 0) is 9.53 Å². The number of thiazole rings is 1. The molecule has 0 saturated heterocycles. The summed E-state index contributed by atoms with van der Waals surface area (Å²) in [5, 5.41) is 0.789. The van der Waals surface area contributed by atoms with Gasteiger partial charge in [-0.05, 0) is 12.1 Å². The fourth-order valence-electron chi connectivity index (χ4n) is 1.53. The van der Waals surface area contributed by atoms with Gasteiger partial charge in [0.15, 0.2) is 0 Å². The Balaban J connectivity index is 2.27. The molecule has 0 bridgehead atoms. The Morgan fingerprint density at radius 3 is 3.00 bits per heavy atom. The van der Waals surface area contributed by atoms with Crippen LogP contribution in [-0.4, -0.2) is 18.0 Å². The number of fused-ring (bicyclic) bond motifs is 1. The average Bonchev–Trinajstić information content (AvgIpc) is 2.78. The first-order valence-electron chi connectivity index (χ1n) is 5.12. The van der Waals surface area contributed by atoms with E-state index in [-0.39, 0.29) is 18.4 Å². The summed E-state index contributed by atoms with van der Waals surface area (Å²) >= 11 is 1.53. The van der Waals surface area contributed by atoms with Gasteiger partial charge >= 0.3 is 0 Å². The summed E-state index contributed by atoms with van der Waals surface area (Å²) in [6.45, 7) is 0. The van der Waals surface area contributed by atoms with Crippen molar-refractivity contribution in [1.29, 1.82) is 0 Å². The van der Waals surface area contributed by atoms with E-state index in [0.29, 0.717) is 0 Å². The number of benzene rings is 1. The molecule has 5 nitrogen and oxygen atoms in total. The van der Waals surface area contributed by atoms with Gasteiger partial charge in [-0.3, -0.25) is 10.2 Å². The zero-order valence-electron chi connectivity index (χ0n) is 9.34. The van der Waals surface area contributed by atoms with Crippen LogP contribution in [0.15, 0.2) is 24.3 Å². The lowest BCUT2D eigenvalue weighted by Gasteiger charge is -2.10. The topological polar surface area (TPSA) is 77.2 Å². The quantitative estimate of drug-likeness (QED) is 0.488. The third-order valence-corrected chi connectivity index (χ3v) is 3.53. The van der Waals surface area contributed by atoms with Gasteiger partial charge in [0.1, 0.15) is 11.1 Å². The minimum absolute atomic E-state index is 0.173. The summed E-state index contributed by atoms with van der Waals surface area (Å²) in [5.41, 5.74) is 3.01. The van der Waals surface area contributed by atoms with Crippen LogP contribution in [0.4, 0.5) is 0 Å². The normalized spacial score (nSPS) is 12.6. The predicted molar refractivity (Wildman–Crippen MR) is 66.3 cm³/mol. The molecule has 1 heterocycles. The first kappa shape index (κ1) is 12.0. The van der Waals surface area contributed by atoms with Crippen molar-refractivity contribution in [2.75, 3.05) is 7.11 Å². The number of methoxy groups -OCH3 is 1. The molecule has 0 aliphatic rings.